The van der Waals surface area contributed by atoms with Crippen molar-refractivity contribution in [2.24, 2.45) is 0 Å². The maximum atomic E-state index is 11.8. The minimum absolute atomic E-state index is 0.628. The van der Waals surface area contributed by atoms with E-state index >= 15 is 0 Å². The monoisotopic (exact) mass is 591 g/mol. The van der Waals surface area contributed by atoms with Gasteiger partial charge < -0.3 is 23.7 Å². The van der Waals surface area contributed by atoms with Gasteiger partial charge in [-0.3, -0.25) is 34.1 Å². The Labute approximate surface area is 199 Å². The molecular formula is C17H23Br2NO12. The largest absolute Gasteiger partial charge is 0.462 e. The highest BCUT2D eigenvalue weighted by Gasteiger charge is 2.49. The van der Waals surface area contributed by atoms with Crippen LogP contribution in [0.3, 0.4) is 0 Å². The van der Waals surface area contributed by atoms with Gasteiger partial charge in [-0.2, -0.15) is 0 Å². The van der Waals surface area contributed by atoms with Crippen LogP contribution in [0, 0.1) is 10.1 Å². The lowest BCUT2D eigenvalue weighted by Gasteiger charge is -2.36. The first-order valence-corrected chi connectivity index (χ1v) is 10.7. The van der Waals surface area contributed by atoms with E-state index in [4.69, 9.17) is 23.7 Å². The van der Waals surface area contributed by atoms with Crippen LogP contribution in [0.15, 0.2) is 0 Å². The normalized spacial score (nSPS) is 16.2. The Hall–Kier alpha value is -2.29. The Kier molecular flexibility index (Phi) is 13.0. The Morgan fingerprint density at radius 2 is 1.12 bits per heavy atom. The van der Waals surface area contributed by atoms with Crippen LogP contribution in [0.2, 0.25) is 0 Å². The van der Waals surface area contributed by atoms with E-state index in [1.54, 1.807) is 0 Å². The maximum absolute atomic E-state index is 11.8. The Bertz CT molecular complexity index is 730. The summed E-state index contributed by atoms with van der Waals surface area (Å²) in [5.41, 5.74) is 0. The average Bonchev–Trinajstić information content (AvgIpc) is 2.63. The van der Waals surface area contributed by atoms with Crippen LogP contribution in [0.5, 0.6) is 0 Å². The fourth-order valence-corrected chi connectivity index (χ4v) is 3.35. The lowest BCUT2D eigenvalue weighted by molar-refractivity contribution is -0.493. The van der Waals surface area contributed by atoms with Crippen molar-refractivity contribution in [1.82, 2.24) is 0 Å². The number of hydrogen-bond donors (Lipinski definition) is 0. The first kappa shape index (κ1) is 29.7. The molecule has 0 aliphatic carbocycles. The molecular weight excluding hydrogens is 570 g/mol. The van der Waals surface area contributed by atoms with Gasteiger partial charge >= 0.3 is 29.8 Å². The van der Waals surface area contributed by atoms with Gasteiger partial charge in [0.15, 0.2) is 24.4 Å². The van der Waals surface area contributed by atoms with Gasteiger partial charge in [0.05, 0.1) is 0 Å². The van der Waals surface area contributed by atoms with Crippen molar-refractivity contribution in [1.29, 1.82) is 0 Å². The lowest BCUT2D eigenvalue weighted by atomic mass is 9.99. The third-order valence-electron chi connectivity index (χ3n) is 3.47. The molecule has 0 saturated carbocycles. The minimum Gasteiger partial charge on any atom is -0.462 e. The lowest BCUT2D eigenvalue weighted by Crippen LogP contribution is -2.56. The number of hydrogen-bond acceptors (Lipinski definition) is 12. The summed E-state index contributed by atoms with van der Waals surface area (Å²) in [6.07, 6.45) is -6.54. The fourth-order valence-electron chi connectivity index (χ4n) is 2.45. The molecule has 0 fully saturated rings. The molecule has 0 aliphatic rings. The molecule has 182 valence electrons. The van der Waals surface area contributed by atoms with E-state index in [9.17, 15) is 34.1 Å². The van der Waals surface area contributed by atoms with E-state index in [-0.39, 0.29) is 0 Å². The van der Waals surface area contributed by atoms with Crippen LogP contribution < -0.4 is 0 Å². The summed E-state index contributed by atoms with van der Waals surface area (Å²) in [6.45, 7) is 4.43. The standard InChI is InChI=1S/C17H23Br2NO12/c1-7(21)28-6-12(29-8(2)22)14(30-9(3)23)16(32-11(5)25)15(31-10(4)24)13(18)17(19)20(26)27/h12-17H,6H2,1-5H3/t12-,13?,14-,15-,16+,17?/m1/s1. The molecule has 0 radical (unpaired) electrons. The van der Waals surface area contributed by atoms with Crippen molar-refractivity contribution < 1.29 is 52.6 Å². The molecule has 0 aromatic heterocycles. The predicted molar refractivity (Wildman–Crippen MR) is 111 cm³/mol. The van der Waals surface area contributed by atoms with Gasteiger partial charge in [-0.15, -0.1) is 0 Å². The third-order valence-corrected chi connectivity index (χ3v) is 6.10. The summed E-state index contributed by atoms with van der Waals surface area (Å²) in [5.74, 6) is -4.42. The Morgan fingerprint density at radius 1 is 0.719 bits per heavy atom. The number of nitro groups is 1. The zero-order chi connectivity index (χ0) is 25.2. The van der Waals surface area contributed by atoms with Gasteiger partial charge in [0, 0.05) is 39.5 Å². The van der Waals surface area contributed by atoms with Gasteiger partial charge in [0.2, 0.25) is 0 Å². The molecule has 0 heterocycles. The van der Waals surface area contributed by atoms with Crippen LogP contribution >= 0.6 is 31.9 Å². The summed E-state index contributed by atoms with van der Waals surface area (Å²) in [5, 5.41) is 11.2. The van der Waals surface area contributed by atoms with Gasteiger partial charge in [0.25, 0.3) is 4.95 Å². The predicted octanol–water partition coefficient (Wildman–Crippen LogP) is 1.04. The molecule has 13 nitrogen and oxygen atoms in total. The second-order valence-corrected chi connectivity index (χ2v) is 8.27. The number of carbonyl (C=O) groups is 5. The fraction of sp³-hybridized carbons (Fsp3) is 0.706. The average molecular weight is 593 g/mol. The first-order chi connectivity index (χ1) is 14.7. The molecule has 32 heavy (non-hydrogen) atoms. The van der Waals surface area contributed by atoms with E-state index in [1.807, 2.05) is 0 Å². The summed E-state index contributed by atoms with van der Waals surface area (Å²) in [6, 6.07) is 0. The maximum Gasteiger partial charge on any atom is 0.303 e. The van der Waals surface area contributed by atoms with Crippen LogP contribution in [-0.4, -0.2) is 75.6 Å². The summed E-state index contributed by atoms with van der Waals surface area (Å²) in [7, 11) is 0. The van der Waals surface area contributed by atoms with E-state index in [0.29, 0.717) is 0 Å². The highest BCUT2D eigenvalue weighted by molar-refractivity contribution is 9.12. The summed E-state index contributed by atoms with van der Waals surface area (Å²) in [4.78, 5) is 65.8. The van der Waals surface area contributed by atoms with Crippen molar-refractivity contribution in [3.05, 3.63) is 10.1 Å². The summed E-state index contributed by atoms with van der Waals surface area (Å²) >= 11 is 5.86. The second-order valence-electron chi connectivity index (χ2n) is 6.28. The van der Waals surface area contributed by atoms with Gasteiger partial charge in [-0.05, 0) is 15.9 Å². The van der Waals surface area contributed by atoms with Crippen LogP contribution in [-0.2, 0) is 47.7 Å². The van der Waals surface area contributed by atoms with Crippen molar-refractivity contribution in [3.8, 4) is 0 Å². The van der Waals surface area contributed by atoms with Crippen LogP contribution in [0.1, 0.15) is 34.6 Å². The number of ether oxygens (including phenoxy) is 5. The highest BCUT2D eigenvalue weighted by Crippen LogP contribution is 2.29. The number of alkyl halides is 2. The minimum atomic E-state index is -1.72. The molecule has 2 unspecified atom stereocenters. The highest BCUT2D eigenvalue weighted by atomic mass is 79.9. The SMILES string of the molecule is CC(=O)OC[C@@H](OC(C)=O)[C@@H](OC(C)=O)[C@H](OC(C)=O)[C@H](OC(C)=O)C(Br)C(Br)[N+](=O)[O-]. The van der Waals surface area contributed by atoms with Gasteiger partial charge in [-0.25, -0.2) is 0 Å². The number of carbonyl (C=O) groups excluding carboxylic acids is 5. The zero-order valence-corrected chi connectivity index (χ0v) is 20.9. The van der Waals surface area contributed by atoms with Crippen molar-refractivity contribution >= 4 is 61.7 Å². The van der Waals surface area contributed by atoms with Crippen molar-refractivity contribution in [2.75, 3.05) is 6.61 Å². The smallest absolute Gasteiger partial charge is 0.303 e. The molecule has 0 spiro atoms. The molecule has 0 bridgehead atoms. The third kappa shape index (κ3) is 10.8. The molecule has 0 aliphatic heterocycles. The Morgan fingerprint density at radius 3 is 1.50 bits per heavy atom. The van der Waals surface area contributed by atoms with E-state index in [2.05, 4.69) is 31.9 Å². The number of nitrogens with zero attached hydrogens (tertiary/aromatic N) is 1. The van der Waals surface area contributed by atoms with Crippen LogP contribution in [0.25, 0.3) is 0 Å². The van der Waals surface area contributed by atoms with E-state index < -0.39 is 75.6 Å². The molecule has 15 heteroatoms. The van der Waals surface area contributed by atoms with Crippen LogP contribution in [0.4, 0.5) is 0 Å². The number of halogens is 2. The molecule has 0 saturated heterocycles. The molecule has 0 aromatic rings. The number of rotatable bonds is 12. The van der Waals surface area contributed by atoms with Crippen molar-refractivity contribution in [2.45, 2.75) is 68.8 Å². The Balaban J connectivity index is 6.56. The quantitative estimate of drug-likeness (QED) is 0.0787. The van der Waals surface area contributed by atoms with Crippen molar-refractivity contribution in [3.63, 3.8) is 0 Å². The van der Waals surface area contributed by atoms with Gasteiger partial charge in [0.1, 0.15) is 11.4 Å². The topological polar surface area (TPSA) is 175 Å². The van der Waals surface area contributed by atoms with E-state index in [0.717, 1.165) is 34.6 Å². The van der Waals surface area contributed by atoms with E-state index in [1.165, 1.54) is 0 Å². The van der Waals surface area contributed by atoms with Gasteiger partial charge in [-0.1, -0.05) is 15.9 Å². The molecule has 0 rings (SSSR count). The molecule has 0 N–H and O–H groups in total. The first-order valence-electron chi connectivity index (χ1n) is 8.91. The zero-order valence-electron chi connectivity index (χ0n) is 17.8. The molecule has 6 atom stereocenters. The summed E-state index contributed by atoms with van der Waals surface area (Å²) < 4.78 is 25.5. The number of esters is 5. The molecule has 0 aromatic carbocycles. The second kappa shape index (κ2) is 14.0. The molecule has 0 amide bonds.